The van der Waals surface area contributed by atoms with Crippen molar-refractivity contribution in [1.82, 2.24) is 0 Å². The van der Waals surface area contributed by atoms with Gasteiger partial charge in [0, 0.05) is 6.42 Å². The molecule has 1 atom stereocenters. The lowest BCUT2D eigenvalue weighted by atomic mass is 9.96. The van der Waals surface area contributed by atoms with E-state index < -0.39 is 7.82 Å². The van der Waals surface area contributed by atoms with Crippen LogP contribution in [0.4, 0.5) is 0 Å². The van der Waals surface area contributed by atoms with E-state index in [-0.39, 0.29) is 29.3 Å². The number of phosphoric ester groups is 1. The van der Waals surface area contributed by atoms with Gasteiger partial charge in [0.15, 0.2) is 5.78 Å². The van der Waals surface area contributed by atoms with E-state index in [0.717, 1.165) is 17.5 Å². The van der Waals surface area contributed by atoms with Gasteiger partial charge < -0.3 is 9.05 Å². The highest BCUT2D eigenvalue weighted by molar-refractivity contribution is 7.48. The van der Waals surface area contributed by atoms with Crippen LogP contribution in [0.2, 0.25) is 0 Å². The van der Waals surface area contributed by atoms with Crippen LogP contribution in [0.3, 0.4) is 0 Å². The van der Waals surface area contributed by atoms with Crippen LogP contribution in [0.25, 0.3) is 0 Å². The Kier molecular flexibility index (Phi) is 7.09. The molecule has 30 heavy (non-hydrogen) atoms. The number of phosphoric acid groups is 1. The second-order valence-electron chi connectivity index (χ2n) is 7.48. The number of hydrogen-bond donors (Lipinski definition) is 1. The highest BCUT2D eigenvalue weighted by Crippen LogP contribution is 2.45. The summed E-state index contributed by atoms with van der Waals surface area (Å²) in [5.74, 6) is 0.447. The molecule has 0 aliphatic carbocycles. The van der Waals surface area contributed by atoms with E-state index in [4.69, 9.17) is 9.05 Å². The number of rotatable bonds is 9. The lowest BCUT2D eigenvalue weighted by Crippen LogP contribution is -2.09. The molecule has 3 aromatic rings. The normalized spacial score (nSPS) is 12.9. The minimum atomic E-state index is -4.48. The van der Waals surface area contributed by atoms with Gasteiger partial charge in [-0.1, -0.05) is 68.4 Å². The third-order valence-corrected chi connectivity index (χ3v) is 5.24. The molecular weight excluding hydrogens is 399 g/mol. The van der Waals surface area contributed by atoms with E-state index >= 15 is 0 Å². The predicted octanol–water partition coefficient (Wildman–Crippen LogP) is 5.87. The molecule has 3 rings (SSSR count). The van der Waals surface area contributed by atoms with E-state index in [1.165, 1.54) is 0 Å². The zero-order valence-corrected chi connectivity index (χ0v) is 17.9. The second-order valence-corrected chi connectivity index (χ2v) is 8.78. The van der Waals surface area contributed by atoms with Crippen LogP contribution < -0.4 is 9.05 Å². The van der Waals surface area contributed by atoms with Crippen LogP contribution in [0, 0.1) is 5.92 Å². The SMILES string of the molecule is CC(C)Cc1ccc(OP(=O)(O)Oc2ccccc2)c(C(=O)Cc2ccccc2)c1. The molecule has 0 saturated carbocycles. The van der Waals surface area contributed by atoms with Crippen molar-refractivity contribution in [2.45, 2.75) is 26.7 Å². The molecule has 1 unspecified atom stereocenters. The highest BCUT2D eigenvalue weighted by Gasteiger charge is 2.28. The smallest absolute Gasteiger partial charge is 0.395 e. The van der Waals surface area contributed by atoms with Gasteiger partial charge in [0.1, 0.15) is 11.5 Å². The van der Waals surface area contributed by atoms with Gasteiger partial charge in [-0.25, -0.2) is 4.57 Å². The molecule has 3 aromatic carbocycles. The molecule has 0 aliphatic heterocycles. The summed E-state index contributed by atoms with van der Waals surface area (Å²) < 4.78 is 23.0. The van der Waals surface area contributed by atoms with E-state index in [1.807, 2.05) is 30.3 Å². The minimum absolute atomic E-state index is 0.0326. The Bertz CT molecular complexity index is 1030. The minimum Gasteiger partial charge on any atom is -0.395 e. The molecule has 0 aliphatic rings. The van der Waals surface area contributed by atoms with Crippen LogP contribution in [-0.2, 0) is 17.4 Å². The number of benzene rings is 3. The average molecular weight is 424 g/mol. The molecule has 5 nitrogen and oxygen atoms in total. The topological polar surface area (TPSA) is 72.8 Å². The molecule has 0 fully saturated rings. The van der Waals surface area contributed by atoms with Crippen molar-refractivity contribution in [2.24, 2.45) is 5.92 Å². The van der Waals surface area contributed by atoms with Gasteiger partial charge in [0.05, 0.1) is 5.56 Å². The molecule has 0 radical (unpaired) electrons. The van der Waals surface area contributed by atoms with Gasteiger partial charge in [-0.2, -0.15) is 0 Å². The first-order chi connectivity index (χ1) is 14.3. The maximum Gasteiger partial charge on any atom is 0.584 e. The molecule has 156 valence electrons. The summed E-state index contributed by atoms with van der Waals surface area (Å²) in [7, 11) is -4.48. The third kappa shape index (κ3) is 6.31. The number of para-hydroxylation sites is 1. The second kappa shape index (κ2) is 9.75. The van der Waals surface area contributed by atoms with E-state index in [9.17, 15) is 14.3 Å². The van der Waals surface area contributed by atoms with Crippen molar-refractivity contribution in [3.63, 3.8) is 0 Å². The number of ketones is 1. The van der Waals surface area contributed by atoms with Crippen molar-refractivity contribution in [1.29, 1.82) is 0 Å². The molecule has 0 amide bonds. The Balaban J connectivity index is 1.88. The van der Waals surface area contributed by atoms with Crippen molar-refractivity contribution < 1.29 is 23.3 Å². The zero-order chi connectivity index (χ0) is 21.6. The number of hydrogen-bond acceptors (Lipinski definition) is 4. The first-order valence-corrected chi connectivity index (χ1v) is 11.3. The van der Waals surface area contributed by atoms with Crippen LogP contribution in [-0.4, -0.2) is 10.7 Å². The monoisotopic (exact) mass is 424 g/mol. The van der Waals surface area contributed by atoms with Crippen molar-refractivity contribution in [3.05, 3.63) is 95.6 Å². The van der Waals surface area contributed by atoms with Gasteiger partial charge in [-0.3, -0.25) is 9.69 Å². The summed E-state index contributed by atoms with van der Waals surface area (Å²) in [5.41, 5.74) is 2.09. The Morgan fingerprint density at radius 2 is 1.53 bits per heavy atom. The standard InChI is InChI=1S/C24H25O5P/c1-18(2)15-20-13-14-24(29-30(26,27)28-21-11-7-4-8-12-21)22(16-20)23(25)17-19-9-5-3-6-10-19/h3-14,16,18H,15,17H2,1-2H3,(H,26,27). The molecule has 0 bridgehead atoms. The molecule has 0 spiro atoms. The van der Waals surface area contributed by atoms with Crippen molar-refractivity contribution in [2.75, 3.05) is 0 Å². The maximum atomic E-state index is 13.0. The summed E-state index contributed by atoms with van der Waals surface area (Å²) in [4.78, 5) is 23.3. The molecule has 6 heteroatoms. The Labute approximate surface area is 176 Å². The Hall–Kier alpha value is -2.88. The first-order valence-electron chi connectivity index (χ1n) is 9.79. The van der Waals surface area contributed by atoms with Crippen LogP contribution in [0.5, 0.6) is 11.5 Å². The van der Waals surface area contributed by atoms with Gasteiger partial charge in [0.25, 0.3) is 0 Å². The third-order valence-electron chi connectivity index (χ3n) is 4.37. The fraction of sp³-hybridized carbons (Fsp3) is 0.208. The Morgan fingerprint density at radius 3 is 2.17 bits per heavy atom. The molecule has 0 heterocycles. The fourth-order valence-electron chi connectivity index (χ4n) is 3.11. The van der Waals surface area contributed by atoms with Gasteiger partial charge >= 0.3 is 7.82 Å². The summed E-state index contributed by atoms with van der Waals surface area (Å²) in [6.45, 7) is 4.18. The number of Topliss-reactive ketones (excluding diaryl/α,β-unsaturated/α-hetero) is 1. The maximum absolute atomic E-state index is 13.0. The summed E-state index contributed by atoms with van der Waals surface area (Å²) in [6.07, 6.45) is 0.945. The summed E-state index contributed by atoms with van der Waals surface area (Å²) in [5, 5.41) is 0. The van der Waals surface area contributed by atoms with E-state index in [1.54, 1.807) is 48.5 Å². The van der Waals surface area contributed by atoms with Crippen molar-refractivity contribution in [3.8, 4) is 11.5 Å². The first kappa shape index (κ1) is 21.8. The predicted molar refractivity (Wildman–Crippen MR) is 117 cm³/mol. The van der Waals surface area contributed by atoms with Crippen molar-refractivity contribution >= 4 is 13.6 Å². The zero-order valence-electron chi connectivity index (χ0n) is 17.0. The molecule has 1 N–H and O–H groups in total. The van der Waals surface area contributed by atoms with E-state index in [0.29, 0.717) is 5.92 Å². The average Bonchev–Trinajstić information content (AvgIpc) is 2.69. The number of carbonyl (C=O) groups excluding carboxylic acids is 1. The summed E-state index contributed by atoms with van der Waals surface area (Å²) >= 11 is 0. The lowest BCUT2D eigenvalue weighted by Gasteiger charge is -2.17. The molecular formula is C24H25O5P. The summed E-state index contributed by atoms with van der Waals surface area (Å²) in [6, 6.07) is 22.7. The van der Waals surface area contributed by atoms with Crippen LogP contribution >= 0.6 is 7.82 Å². The van der Waals surface area contributed by atoms with Gasteiger partial charge in [-0.15, -0.1) is 0 Å². The Morgan fingerprint density at radius 1 is 0.900 bits per heavy atom. The molecule has 0 saturated heterocycles. The van der Waals surface area contributed by atoms with E-state index in [2.05, 4.69) is 13.8 Å². The largest absolute Gasteiger partial charge is 0.584 e. The van der Waals surface area contributed by atoms with Gasteiger partial charge in [0.2, 0.25) is 0 Å². The quantitative estimate of drug-likeness (QED) is 0.344. The van der Waals surface area contributed by atoms with Crippen LogP contribution in [0.1, 0.15) is 35.3 Å². The van der Waals surface area contributed by atoms with Gasteiger partial charge in [-0.05, 0) is 47.7 Å². The lowest BCUT2D eigenvalue weighted by molar-refractivity contribution is 0.0991. The van der Waals surface area contributed by atoms with Crippen LogP contribution in [0.15, 0.2) is 78.9 Å². The fourth-order valence-corrected chi connectivity index (χ4v) is 3.94. The number of carbonyl (C=O) groups is 1. The molecule has 0 aromatic heterocycles. The highest BCUT2D eigenvalue weighted by atomic mass is 31.2.